The summed E-state index contributed by atoms with van der Waals surface area (Å²) in [5, 5.41) is 3.01. The lowest BCUT2D eigenvalue weighted by Crippen LogP contribution is -2.49. The molecule has 1 aliphatic rings. The van der Waals surface area contributed by atoms with Gasteiger partial charge in [0.05, 0.1) is 0 Å². The van der Waals surface area contributed by atoms with Crippen molar-refractivity contribution in [3.8, 4) is 5.75 Å². The Kier molecular flexibility index (Phi) is 6.23. The number of likely N-dealkylation sites (tertiary alicyclic amines) is 1. The second kappa shape index (κ2) is 8.81. The van der Waals surface area contributed by atoms with Crippen molar-refractivity contribution in [3.63, 3.8) is 0 Å². The van der Waals surface area contributed by atoms with Crippen molar-refractivity contribution in [2.24, 2.45) is 0 Å². The number of para-hydroxylation sites is 1. The molecule has 0 bridgehead atoms. The zero-order valence-electron chi connectivity index (χ0n) is 15.0. The first-order valence-electron chi connectivity index (χ1n) is 9.06. The molecule has 1 fully saturated rings. The zero-order chi connectivity index (χ0) is 18.4. The molecular formula is C21H25FN2O2. The Hall–Kier alpha value is -2.40. The Morgan fingerprint density at radius 2 is 1.92 bits per heavy atom. The molecule has 1 aliphatic heterocycles. The average Bonchev–Trinajstić information content (AvgIpc) is 2.64. The number of carbonyl (C=O) groups is 1. The van der Waals surface area contributed by atoms with E-state index in [2.05, 4.69) is 41.4 Å². The van der Waals surface area contributed by atoms with Gasteiger partial charge in [-0.3, -0.25) is 9.69 Å². The van der Waals surface area contributed by atoms with Crippen molar-refractivity contribution in [1.82, 2.24) is 10.2 Å². The SMILES string of the molecule is C[C@@H]1C[C@@H](NC(=O)COc2ccccc2F)CCN1Cc1ccccc1. The Morgan fingerprint density at radius 3 is 2.65 bits per heavy atom. The molecule has 0 radical (unpaired) electrons. The van der Waals surface area contributed by atoms with Crippen LogP contribution in [0.5, 0.6) is 5.75 Å². The van der Waals surface area contributed by atoms with Crippen LogP contribution in [0.1, 0.15) is 25.3 Å². The third-order valence-electron chi connectivity index (χ3n) is 4.80. The van der Waals surface area contributed by atoms with Crippen molar-refractivity contribution < 1.29 is 13.9 Å². The predicted molar refractivity (Wildman–Crippen MR) is 99.4 cm³/mol. The van der Waals surface area contributed by atoms with E-state index >= 15 is 0 Å². The Morgan fingerprint density at radius 1 is 1.19 bits per heavy atom. The molecule has 3 rings (SSSR count). The van der Waals surface area contributed by atoms with E-state index in [4.69, 9.17) is 4.74 Å². The maximum Gasteiger partial charge on any atom is 0.258 e. The third-order valence-corrected chi connectivity index (χ3v) is 4.80. The summed E-state index contributed by atoms with van der Waals surface area (Å²) in [6.07, 6.45) is 1.81. The van der Waals surface area contributed by atoms with Gasteiger partial charge < -0.3 is 10.1 Å². The summed E-state index contributed by atoms with van der Waals surface area (Å²) in [6, 6.07) is 17.1. The van der Waals surface area contributed by atoms with Gasteiger partial charge in [-0.05, 0) is 37.5 Å². The summed E-state index contributed by atoms with van der Waals surface area (Å²) in [5.74, 6) is -0.557. The Bertz CT molecular complexity index is 723. The van der Waals surface area contributed by atoms with Gasteiger partial charge in [-0.2, -0.15) is 0 Å². The standard InChI is InChI=1S/C21H25FN2O2/c1-16-13-18(11-12-24(16)14-17-7-3-2-4-8-17)23-21(25)15-26-20-10-6-5-9-19(20)22/h2-10,16,18H,11-15H2,1H3,(H,23,25)/t16-,18+/m1/s1. The first-order chi connectivity index (χ1) is 12.6. The molecule has 0 aromatic heterocycles. The minimum atomic E-state index is -0.455. The van der Waals surface area contributed by atoms with E-state index in [1.165, 1.54) is 17.7 Å². The third kappa shape index (κ3) is 5.05. The quantitative estimate of drug-likeness (QED) is 0.863. The van der Waals surface area contributed by atoms with E-state index in [0.717, 1.165) is 25.9 Å². The van der Waals surface area contributed by atoms with Gasteiger partial charge in [0.15, 0.2) is 18.2 Å². The number of nitrogens with zero attached hydrogens (tertiary/aromatic N) is 1. The Labute approximate surface area is 154 Å². The van der Waals surface area contributed by atoms with Gasteiger partial charge in [0.2, 0.25) is 0 Å². The maximum atomic E-state index is 13.5. The summed E-state index contributed by atoms with van der Waals surface area (Å²) in [7, 11) is 0. The summed E-state index contributed by atoms with van der Waals surface area (Å²) < 4.78 is 18.8. The average molecular weight is 356 g/mol. The fourth-order valence-electron chi connectivity index (χ4n) is 3.38. The van der Waals surface area contributed by atoms with E-state index in [9.17, 15) is 9.18 Å². The molecule has 1 amide bonds. The van der Waals surface area contributed by atoms with Gasteiger partial charge >= 0.3 is 0 Å². The number of ether oxygens (including phenoxy) is 1. The van der Waals surface area contributed by atoms with Crippen molar-refractivity contribution >= 4 is 5.91 Å². The highest BCUT2D eigenvalue weighted by atomic mass is 19.1. The molecule has 2 aromatic carbocycles. The highest BCUT2D eigenvalue weighted by molar-refractivity contribution is 5.77. The van der Waals surface area contributed by atoms with Crippen molar-refractivity contribution in [2.75, 3.05) is 13.2 Å². The molecule has 26 heavy (non-hydrogen) atoms. The molecule has 1 N–H and O–H groups in total. The highest BCUT2D eigenvalue weighted by Crippen LogP contribution is 2.20. The van der Waals surface area contributed by atoms with E-state index in [-0.39, 0.29) is 24.3 Å². The van der Waals surface area contributed by atoms with Gasteiger partial charge in [-0.15, -0.1) is 0 Å². The Balaban J connectivity index is 1.44. The summed E-state index contributed by atoms with van der Waals surface area (Å²) in [5.41, 5.74) is 1.31. The first-order valence-corrected chi connectivity index (χ1v) is 9.06. The van der Waals surface area contributed by atoms with Crippen LogP contribution in [0.25, 0.3) is 0 Å². The molecule has 5 heteroatoms. The van der Waals surface area contributed by atoms with E-state index in [1.54, 1.807) is 12.1 Å². The van der Waals surface area contributed by atoms with Crippen LogP contribution >= 0.6 is 0 Å². The number of halogens is 1. The summed E-state index contributed by atoms with van der Waals surface area (Å²) in [4.78, 5) is 14.5. The van der Waals surface area contributed by atoms with Crippen molar-refractivity contribution in [1.29, 1.82) is 0 Å². The molecular weight excluding hydrogens is 331 g/mol. The molecule has 0 unspecified atom stereocenters. The van der Waals surface area contributed by atoms with Crippen LogP contribution in [-0.4, -0.2) is 36.0 Å². The maximum absolute atomic E-state index is 13.5. The second-order valence-electron chi connectivity index (χ2n) is 6.81. The predicted octanol–water partition coefficient (Wildman–Crippen LogP) is 3.37. The monoisotopic (exact) mass is 356 g/mol. The molecule has 2 atom stereocenters. The minimum Gasteiger partial charge on any atom is -0.481 e. The number of hydrogen-bond donors (Lipinski definition) is 1. The van der Waals surface area contributed by atoms with Crippen LogP contribution < -0.4 is 10.1 Å². The molecule has 1 saturated heterocycles. The number of rotatable bonds is 6. The normalized spacial score (nSPS) is 20.5. The van der Waals surface area contributed by atoms with Gasteiger partial charge in [0.1, 0.15) is 0 Å². The summed E-state index contributed by atoms with van der Waals surface area (Å²) >= 11 is 0. The highest BCUT2D eigenvalue weighted by Gasteiger charge is 2.26. The van der Waals surface area contributed by atoms with E-state index < -0.39 is 5.82 Å². The van der Waals surface area contributed by atoms with Crippen LogP contribution in [0.3, 0.4) is 0 Å². The van der Waals surface area contributed by atoms with Crippen LogP contribution in [0.2, 0.25) is 0 Å². The number of amides is 1. The van der Waals surface area contributed by atoms with Crippen LogP contribution in [0.15, 0.2) is 54.6 Å². The summed E-state index contributed by atoms with van der Waals surface area (Å²) in [6.45, 7) is 3.89. The molecule has 0 spiro atoms. The van der Waals surface area contributed by atoms with Crippen LogP contribution in [0, 0.1) is 5.82 Å². The van der Waals surface area contributed by atoms with Crippen LogP contribution in [0.4, 0.5) is 4.39 Å². The number of benzene rings is 2. The van der Waals surface area contributed by atoms with Gasteiger partial charge in [0.25, 0.3) is 5.91 Å². The molecule has 2 aromatic rings. The topological polar surface area (TPSA) is 41.6 Å². The fourth-order valence-corrected chi connectivity index (χ4v) is 3.38. The number of nitrogens with one attached hydrogen (secondary N) is 1. The zero-order valence-corrected chi connectivity index (χ0v) is 15.0. The minimum absolute atomic E-state index is 0.105. The van der Waals surface area contributed by atoms with Gasteiger partial charge in [-0.25, -0.2) is 4.39 Å². The number of carbonyl (C=O) groups excluding carboxylic acids is 1. The lowest BCUT2D eigenvalue weighted by atomic mass is 9.97. The number of piperidine rings is 1. The smallest absolute Gasteiger partial charge is 0.258 e. The lowest BCUT2D eigenvalue weighted by Gasteiger charge is -2.38. The molecule has 0 aliphatic carbocycles. The first kappa shape index (κ1) is 18.4. The number of hydrogen-bond acceptors (Lipinski definition) is 3. The molecule has 1 heterocycles. The van der Waals surface area contributed by atoms with Crippen molar-refractivity contribution in [3.05, 3.63) is 66.0 Å². The van der Waals surface area contributed by atoms with Gasteiger partial charge in [0, 0.05) is 25.2 Å². The van der Waals surface area contributed by atoms with Crippen molar-refractivity contribution in [2.45, 2.75) is 38.4 Å². The lowest BCUT2D eigenvalue weighted by molar-refractivity contribution is -0.124. The fraction of sp³-hybridized carbons (Fsp3) is 0.381. The van der Waals surface area contributed by atoms with E-state index in [0.29, 0.717) is 6.04 Å². The second-order valence-corrected chi connectivity index (χ2v) is 6.81. The molecule has 138 valence electrons. The van der Waals surface area contributed by atoms with E-state index in [1.807, 2.05) is 6.07 Å². The molecule has 0 saturated carbocycles. The van der Waals surface area contributed by atoms with Gasteiger partial charge in [-0.1, -0.05) is 42.5 Å². The molecule has 4 nitrogen and oxygen atoms in total. The largest absolute Gasteiger partial charge is 0.481 e. The van der Waals surface area contributed by atoms with Crippen LogP contribution in [-0.2, 0) is 11.3 Å².